The second-order valence-electron chi connectivity index (χ2n) is 6.90. The standard InChI is InChI=1S/C21H41N3O2/c1-2-3-4-5-6-7-8-9-10-11-12-13-14-15-16-17-20(25)26-19-18-24-21(22)23/h9-10H,2-8,11-19H2,1H3,(H4,22,23,24)/b10-9+. The third-order valence-corrected chi connectivity index (χ3v) is 4.32. The van der Waals surface area contributed by atoms with Crippen molar-refractivity contribution in [3.8, 4) is 0 Å². The van der Waals surface area contributed by atoms with Gasteiger partial charge in [-0.2, -0.15) is 0 Å². The maximum atomic E-state index is 11.5. The summed E-state index contributed by atoms with van der Waals surface area (Å²) in [4.78, 5) is 11.5. The van der Waals surface area contributed by atoms with Crippen LogP contribution in [-0.2, 0) is 9.53 Å². The minimum Gasteiger partial charge on any atom is -0.464 e. The third kappa shape index (κ3) is 20.5. The lowest BCUT2D eigenvalue weighted by molar-refractivity contribution is -0.143. The van der Waals surface area contributed by atoms with E-state index in [0.717, 1.165) is 12.8 Å². The molecule has 0 saturated heterocycles. The Bertz CT molecular complexity index is 370. The molecule has 0 aliphatic heterocycles. The quantitative estimate of drug-likeness (QED) is 0.104. The van der Waals surface area contributed by atoms with Crippen LogP contribution >= 0.6 is 0 Å². The summed E-state index contributed by atoms with van der Waals surface area (Å²) >= 11 is 0. The molecule has 0 rings (SSSR count). The van der Waals surface area contributed by atoms with Crippen LogP contribution in [0.3, 0.4) is 0 Å². The highest BCUT2D eigenvalue weighted by Gasteiger charge is 2.02. The molecule has 0 aromatic rings. The van der Waals surface area contributed by atoms with Crippen molar-refractivity contribution in [3.05, 3.63) is 12.2 Å². The second-order valence-corrected chi connectivity index (χ2v) is 6.90. The van der Waals surface area contributed by atoms with Gasteiger partial charge in [-0.1, -0.05) is 70.4 Å². The van der Waals surface area contributed by atoms with E-state index in [2.05, 4.69) is 24.4 Å². The number of guanidine groups is 1. The van der Waals surface area contributed by atoms with Gasteiger partial charge in [0.05, 0.1) is 6.54 Å². The third-order valence-electron chi connectivity index (χ3n) is 4.32. The Morgan fingerprint density at radius 3 is 2.04 bits per heavy atom. The van der Waals surface area contributed by atoms with E-state index >= 15 is 0 Å². The fourth-order valence-corrected chi connectivity index (χ4v) is 2.76. The lowest BCUT2D eigenvalue weighted by Crippen LogP contribution is -2.33. The van der Waals surface area contributed by atoms with Gasteiger partial charge in [-0.15, -0.1) is 0 Å². The number of carbonyl (C=O) groups is 1. The number of ether oxygens (including phenoxy) is 1. The van der Waals surface area contributed by atoms with Gasteiger partial charge in [0, 0.05) is 6.42 Å². The fraction of sp³-hybridized carbons (Fsp3) is 0.810. The van der Waals surface area contributed by atoms with Crippen molar-refractivity contribution in [2.24, 2.45) is 5.73 Å². The Morgan fingerprint density at radius 1 is 0.923 bits per heavy atom. The summed E-state index contributed by atoms with van der Waals surface area (Å²) in [6.45, 7) is 2.92. The topological polar surface area (TPSA) is 88.2 Å². The SMILES string of the molecule is CCCCCCCC/C=C/CCCCCCCC(=O)OCCNC(=N)N. The Morgan fingerprint density at radius 2 is 1.46 bits per heavy atom. The average Bonchev–Trinajstić information content (AvgIpc) is 2.62. The van der Waals surface area contributed by atoms with Crippen molar-refractivity contribution < 1.29 is 9.53 Å². The molecule has 0 radical (unpaired) electrons. The Balaban J connectivity index is 3.22. The van der Waals surface area contributed by atoms with Crippen LogP contribution in [0.2, 0.25) is 0 Å². The normalized spacial score (nSPS) is 11.0. The van der Waals surface area contributed by atoms with Crippen LogP contribution in [0, 0.1) is 5.41 Å². The van der Waals surface area contributed by atoms with Crippen LogP contribution in [0.15, 0.2) is 12.2 Å². The summed E-state index contributed by atoms with van der Waals surface area (Å²) < 4.78 is 5.05. The number of carbonyl (C=O) groups excluding carboxylic acids is 1. The van der Waals surface area contributed by atoms with Crippen molar-refractivity contribution in [1.82, 2.24) is 5.32 Å². The van der Waals surface area contributed by atoms with Gasteiger partial charge in [-0.25, -0.2) is 0 Å². The minimum absolute atomic E-state index is 0.0988. The van der Waals surface area contributed by atoms with Gasteiger partial charge in [0.1, 0.15) is 6.61 Å². The molecule has 0 bridgehead atoms. The largest absolute Gasteiger partial charge is 0.464 e. The zero-order valence-electron chi connectivity index (χ0n) is 16.9. The number of allylic oxidation sites excluding steroid dienone is 2. The molecule has 152 valence electrons. The van der Waals surface area contributed by atoms with Gasteiger partial charge in [-0.3, -0.25) is 10.2 Å². The Hall–Kier alpha value is -1.52. The molecule has 0 aromatic heterocycles. The van der Waals surface area contributed by atoms with E-state index in [9.17, 15) is 4.79 Å². The summed E-state index contributed by atoms with van der Waals surface area (Å²) in [5, 5.41) is 9.58. The molecule has 0 aliphatic rings. The summed E-state index contributed by atoms with van der Waals surface area (Å²) in [5.41, 5.74) is 5.14. The van der Waals surface area contributed by atoms with Gasteiger partial charge >= 0.3 is 5.97 Å². The van der Waals surface area contributed by atoms with Crippen molar-refractivity contribution >= 4 is 11.9 Å². The van der Waals surface area contributed by atoms with Gasteiger partial charge in [0.2, 0.25) is 0 Å². The van der Waals surface area contributed by atoms with E-state index in [-0.39, 0.29) is 18.5 Å². The van der Waals surface area contributed by atoms with Gasteiger partial charge in [-0.05, 0) is 32.1 Å². The van der Waals surface area contributed by atoms with E-state index in [0.29, 0.717) is 13.0 Å². The lowest BCUT2D eigenvalue weighted by Gasteiger charge is -2.06. The van der Waals surface area contributed by atoms with E-state index in [1.165, 1.54) is 70.6 Å². The highest BCUT2D eigenvalue weighted by atomic mass is 16.5. The zero-order valence-corrected chi connectivity index (χ0v) is 16.9. The second kappa shape index (κ2) is 19.8. The van der Waals surface area contributed by atoms with Gasteiger partial charge in [0.25, 0.3) is 0 Å². The highest BCUT2D eigenvalue weighted by Crippen LogP contribution is 2.10. The van der Waals surface area contributed by atoms with Crippen LogP contribution in [0.1, 0.15) is 96.8 Å². The number of nitrogens with two attached hydrogens (primary N) is 1. The first kappa shape index (κ1) is 24.5. The van der Waals surface area contributed by atoms with Crippen molar-refractivity contribution in [2.75, 3.05) is 13.2 Å². The molecule has 4 N–H and O–H groups in total. The molecule has 0 fully saturated rings. The molecule has 0 spiro atoms. The number of hydrogen-bond acceptors (Lipinski definition) is 3. The summed E-state index contributed by atoms with van der Waals surface area (Å²) in [6, 6.07) is 0. The fourth-order valence-electron chi connectivity index (χ4n) is 2.76. The maximum absolute atomic E-state index is 11.5. The molecule has 5 nitrogen and oxygen atoms in total. The number of esters is 1. The highest BCUT2D eigenvalue weighted by molar-refractivity contribution is 5.74. The molecule has 0 aromatic carbocycles. The predicted octanol–water partition coefficient (Wildman–Crippen LogP) is 5.05. The lowest BCUT2D eigenvalue weighted by atomic mass is 10.1. The molecule has 0 aliphatic carbocycles. The molecular weight excluding hydrogens is 326 g/mol. The van der Waals surface area contributed by atoms with Crippen molar-refractivity contribution in [1.29, 1.82) is 5.41 Å². The first-order valence-corrected chi connectivity index (χ1v) is 10.5. The zero-order chi connectivity index (χ0) is 19.3. The van der Waals surface area contributed by atoms with Crippen molar-refractivity contribution in [3.63, 3.8) is 0 Å². The summed E-state index contributed by atoms with van der Waals surface area (Å²) in [5.74, 6) is -0.258. The number of nitrogens with one attached hydrogen (secondary N) is 2. The molecular formula is C21H41N3O2. The van der Waals surface area contributed by atoms with Crippen molar-refractivity contribution in [2.45, 2.75) is 96.8 Å². The van der Waals surface area contributed by atoms with Crippen LogP contribution in [-0.4, -0.2) is 25.1 Å². The predicted molar refractivity (Wildman–Crippen MR) is 110 cm³/mol. The van der Waals surface area contributed by atoms with Crippen LogP contribution in [0.4, 0.5) is 0 Å². The minimum atomic E-state index is -0.159. The maximum Gasteiger partial charge on any atom is 0.305 e. The average molecular weight is 368 g/mol. The van der Waals surface area contributed by atoms with Crippen LogP contribution < -0.4 is 11.1 Å². The molecule has 0 heterocycles. The van der Waals surface area contributed by atoms with Gasteiger partial charge in [0.15, 0.2) is 5.96 Å². The summed E-state index contributed by atoms with van der Waals surface area (Å²) in [7, 11) is 0. The molecule has 0 saturated carbocycles. The number of unbranched alkanes of at least 4 members (excludes halogenated alkanes) is 11. The van der Waals surface area contributed by atoms with Crippen LogP contribution in [0.25, 0.3) is 0 Å². The van der Waals surface area contributed by atoms with E-state index in [1.807, 2.05) is 0 Å². The van der Waals surface area contributed by atoms with E-state index in [4.69, 9.17) is 15.9 Å². The molecule has 26 heavy (non-hydrogen) atoms. The van der Waals surface area contributed by atoms with Gasteiger partial charge < -0.3 is 15.8 Å². The van der Waals surface area contributed by atoms with E-state index < -0.39 is 0 Å². The molecule has 5 heteroatoms. The monoisotopic (exact) mass is 367 g/mol. The van der Waals surface area contributed by atoms with Crippen LogP contribution in [0.5, 0.6) is 0 Å². The summed E-state index contributed by atoms with van der Waals surface area (Å²) in [6.07, 6.45) is 21.4. The number of rotatable bonds is 18. The molecule has 0 atom stereocenters. The smallest absolute Gasteiger partial charge is 0.305 e. The molecule has 0 unspecified atom stereocenters. The Kier molecular flexibility index (Phi) is 18.6. The number of hydrogen-bond donors (Lipinski definition) is 3. The first-order valence-electron chi connectivity index (χ1n) is 10.5. The first-order chi connectivity index (χ1) is 12.7. The molecule has 0 amide bonds. The van der Waals surface area contributed by atoms with E-state index in [1.54, 1.807) is 0 Å². The Labute approximate surface area is 160 Å².